The minimum absolute atomic E-state index is 0.0764. The van der Waals surface area contributed by atoms with Crippen LogP contribution in [0.3, 0.4) is 0 Å². The van der Waals surface area contributed by atoms with E-state index in [0.717, 1.165) is 26.3 Å². The predicted octanol–water partition coefficient (Wildman–Crippen LogP) is 4.73. The van der Waals surface area contributed by atoms with Crippen molar-refractivity contribution in [1.29, 1.82) is 0 Å². The molecule has 1 atom stereocenters. The van der Waals surface area contributed by atoms with Crippen LogP contribution in [0.1, 0.15) is 18.1 Å². The van der Waals surface area contributed by atoms with E-state index in [1.54, 1.807) is 4.90 Å². The van der Waals surface area contributed by atoms with E-state index in [2.05, 4.69) is 15.5 Å². The van der Waals surface area contributed by atoms with Crippen LogP contribution in [0.2, 0.25) is 0 Å². The number of amides is 1. The summed E-state index contributed by atoms with van der Waals surface area (Å²) in [6.45, 7) is 4.55. The van der Waals surface area contributed by atoms with Crippen molar-refractivity contribution in [3.05, 3.63) is 65.7 Å². The highest BCUT2D eigenvalue weighted by Crippen LogP contribution is 2.31. The third-order valence-corrected chi connectivity index (χ3v) is 6.07. The second-order valence-corrected chi connectivity index (χ2v) is 8.82. The highest BCUT2D eigenvalue weighted by molar-refractivity contribution is 8.02. The van der Waals surface area contributed by atoms with Gasteiger partial charge in [-0.2, -0.15) is 0 Å². The van der Waals surface area contributed by atoms with Gasteiger partial charge in [0.25, 0.3) is 0 Å². The Kier molecular flexibility index (Phi) is 6.47. The van der Waals surface area contributed by atoms with Gasteiger partial charge in [0, 0.05) is 19.3 Å². The Morgan fingerprint density at radius 2 is 1.85 bits per heavy atom. The average Bonchev–Trinajstić information content (AvgIpc) is 3.10. The number of rotatable bonds is 7. The number of benzene rings is 2. The zero-order chi connectivity index (χ0) is 19.2. The van der Waals surface area contributed by atoms with Crippen LogP contribution < -0.4 is 5.32 Å². The van der Waals surface area contributed by atoms with E-state index in [0.29, 0.717) is 6.54 Å². The number of hydrogen-bond acceptors (Lipinski definition) is 6. The molecule has 0 aliphatic rings. The SMILES string of the molecule is Cc1ccccc1Nc1nnc(S[C@@H](C)C(=O)N(C)Cc2ccccc2)s1. The number of hydrogen-bond donors (Lipinski definition) is 1. The zero-order valence-electron chi connectivity index (χ0n) is 15.5. The van der Waals surface area contributed by atoms with Gasteiger partial charge in [-0.25, -0.2) is 0 Å². The Balaban J connectivity index is 1.57. The molecule has 5 nitrogen and oxygen atoms in total. The first-order valence-corrected chi connectivity index (χ1v) is 10.3. The molecule has 3 rings (SSSR count). The van der Waals surface area contributed by atoms with Gasteiger partial charge in [0.1, 0.15) is 0 Å². The van der Waals surface area contributed by atoms with Crippen LogP contribution in [0, 0.1) is 6.92 Å². The second-order valence-electron chi connectivity index (χ2n) is 6.25. The lowest BCUT2D eigenvalue weighted by Gasteiger charge is -2.20. The standard InChI is InChI=1S/C20H22N4OS2/c1-14-9-7-8-12-17(14)21-19-22-23-20(27-19)26-15(2)18(25)24(3)13-16-10-5-4-6-11-16/h4-12,15H,13H2,1-3H3,(H,21,22)/t15-/m0/s1. The Morgan fingerprint density at radius 3 is 2.59 bits per heavy atom. The summed E-state index contributed by atoms with van der Waals surface area (Å²) in [5.74, 6) is 0.0764. The quantitative estimate of drug-likeness (QED) is 0.583. The molecular formula is C20H22N4OS2. The van der Waals surface area contributed by atoms with Gasteiger partial charge in [-0.05, 0) is 31.0 Å². The molecule has 140 valence electrons. The molecule has 0 aliphatic carbocycles. The van der Waals surface area contributed by atoms with Crippen LogP contribution in [0.5, 0.6) is 0 Å². The maximum absolute atomic E-state index is 12.6. The number of aromatic nitrogens is 2. The minimum atomic E-state index is -0.224. The van der Waals surface area contributed by atoms with Crippen LogP contribution in [0.25, 0.3) is 0 Å². The average molecular weight is 399 g/mol. The molecule has 0 radical (unpaired) electrons. The largest absolute Gasteiger partial charge is 0.340 e. The minimum Gasteiger partial charge on any atom is -0.340 e. The highest BCUT2D eigenvalue weighted by Gasteiger charge is 2.21. The number of carbonyl (C=O) groups excluding carboxylic acids is 1. The van der Waals surface area contributed by atoms with E-state index in [1.165, 1.54) is 23.1 Å². The van der Waals surface area contributed by atoms with Crippen LogP contribution in [0.4, 0.5) is 10.8 Å². The summed E-state index contributed by atoms with van der Waals surface area (Å²) in [7, 11) is 1.83. The highest BCUT2D eigenvalue weighted by atomic mass is 32.2. The van der Waals surface area contributed by atoms with Crippen molar-refractivity contribution in [3.8, 4) is 0 Å². The van der Waals surface area contributed by atoms with Gasteiger partial charge in [0.05, 0.1) is 5.25 Å². The molecule has 0 fully saturated rings. The topological polar surface area (TPSA) is 58.1 Å². The van der Waals surface area contributed by atoms with Crippen LogP contribution in [-0.2, 0) is 11.3 Å². The number of anilines is 2. The van der Waals surface area contributed by atoms with Gasteiger partial charge in [-0.1, -0.05) is 71.6 Å². The third kappa shape index (κ3) is 5.30. The molecule has 1 amide bonds. The lowest BCUT2D eigenvalue weighted by atomic mass is 10.2. The number of para-hydroxylation sites is 1. The second kappa shape index (κ2) is 9.01. The summed E-state index contributed by atoms with van der Waals surface area (Å²) >= 11 is 2.90. The fraction of sp³-hybridized carbons (Fsp3) is 0.250. The molecule has 0 bridgehead atoms. The molecule has 0 aliphatic heterocycles. The molecule has 1 heterocycles. The molecule has 0 saturated carbocycles. The maximum Gasteiger partial charge on any atom is 0.235 e. The normalized spacial score (nSPS) is 11.8. The van der Waals surface area contributed by atoms with Crippen LogP contribution in [-0.4, -0.2) is 33.3 Å². The van der Waals surface area contributed by atoms with Crippen molar-refractivity contribution >= 4 is 39.8 Å². The monoisotopic (exact) mass is 398 g/mol. The molecule has 0 saturated heterocycles. The summed E-state index contributed by atoms with van der Waals surface area (Å²) in [4.78, 5) is 14.4. The molecule has 0 unspecified atom stereocenters. The fourth-order valence-corrected chi connectivity index (χ4v) is 4.61. The first kappa shape index (κ1) is 19.4. The summed E-state index contributed by atoms with van der Waals surface area (Å²) in [6.07, 6.45) is 0. The molecule has 3 aromatic rings. The Labute approximate surface area is 167 Å². The van der Waals surface area contributed by atoms with Crippen molar-refractivity contribution in [2.45, 2.75) is 30.0 Å². The summed E-state index contributed by atoms with van der Waals surface area (Å²) in [6, 6.07) is 18.0. The predicted molar refractivity (Wildman–Crippen MR) is 113 cm³/mol. The molecule has 1 aromatic heterocycles. The van der Waals surface area contributed by atoms with Crippen molar-refractivity contribution in [1.82, 2.24) is 15.1 Å². The van der Waals surface area contributed by atoms with E-state index in [4.69, 9.17) is 0 Å². The summed E-state index contributed by atoms with van der Waals surface area (Å²) in [5.41, 5.74) is 3.27. The van der Waals surface area contributed by atoms with Gasteiger partial charge in [-0.15, -0.1) is 10.2 Å². The van der Waals surface area contributed by atoms with E-state index >= 15 is 0 Å². The van der Waals surface area contributed by atoms with Crippen molar-refractivity contribution < 1.29 is 4.79 Å². The molecule has 1 N–H and O–H groups in total. The Morgan fingerprint density at radius 1 is 1.15 bits per heavy atom. The van der Waals surface area contributed by atoms with Gasteiger partial charge in [0.2, 0.25) is 11.0 Å². The summed E-state index contributed by atoms with van der Waals surface area (Å²) in [5, 5.41) is 12.2. The Hall–Kier alpha value is -2.38. The molecule has 0 spiro atoms. The molecular weight excluding hydrogens is 376 g/mol. The van der Waals surface area contributed by atoms with Crippen LogP contribution >= 0.6 is 23.1 Å². The van der Waals surface area contributed by atoms with Crippen molar-refractivity contribution in [2.24, 2.45) is 0 Å². The molecule has 7 heteroatoms. The number of carbonyl (C=O) groups is 1. The van der Waals surface area contributed by atoms with Gasteiger partial charge in [0.15, 0.2) is 4.34 Å². The Bertz CT molecular complexity index is 898. The third-order valence-electron chi connectivity index (χ3n) is 4.06. The first-order valence-electron chi connectivity index (χ1n) is 8.64. The van der Waals surface area contributed by atoms with E-state index in [1.807, 2.05) is 75.5 Å². The van der Waals surface area contributed by atoms with Gasteiger partial charge < -0.3 is 10.2 Å². The van der Waals surface area contributed by atoms with Crippen molar-refractivity contribution in [2.75, 3.05) is 12.4 Å². The van der Waals surface area contributed by atoms with Gasteiger partial charge >= 0.3 is 0 Å². The smallest absolute Gasteiger partial charge is 0.235 e. The van der Waals surface area contributed by atoms with Crippen molar-refractivity contribution in [3.63, 3.8) is 0 Å². The number of nitrogens with one attached hydrogen (secondary N) is 1. The fourth-order valence-electron chi connectivity index (χ4n) is 2.58. The van der Waals surface area contributed by atoms with Crippen LogP contribution in [0.15, 0.2) is 58.9 Å². The summed E-state index contributed by atoms with van der Waals surface area (Å²) < 4.78 is 0.778. The number of nitrogens with zero attached hydrogens (tertiary/aromatic N) is 3. The van der Waals surface area contributed by atoms with Gasteiger partial charge in [-0.3, -0.25) is 4.79 Å². The lowest BCUT2D eigenvalue weighted by molar-refractivity contribution is -0.129. The molecule has 27 heavy (non-hydrogen) atoms. The number of aryl methyl sites for hydroxylation is 1. The lowest BCUT2D eigenvalue weighted by Crippen LogP contribution is -2.32. The van der Waals surface area contributed by atoms with E-state index < -0.39 is 0 Å². The molecule has 2 aromatic carbocycles. The maximum atomic E-state index is 12.6. The van der Waals surface area contributed by atoms with E-state index in [-0.39, 0.29) is 11.2 Å². The van der Waals surface area contributed by atoms with E-state index in [9.17, 15) is 4.79 Å². The first-order chi connectivity index (χ1) is 13.0. The number of thioether (sulfide) groups is 1. The zero-order valence-corrected chi connectivity index (χ0v) is 17.2.